The average molecular weight is 480 g/mol. The molecule has 0 aliphatic rings. The minimum Gasteiger partial charge on any atom is -0.507 e. The topological polar surface area (TPSA) is 88.6 Å². The molecule has 1 aromatic heterocycles. The third-order valence-corrected chi connectivity index (χ3v) is 6.01. The lowest BCUT2D eigenvalue weighted by atomic mass is 10.2. The van der Waals surface area contributed by atoms with E-state index >= 15 is 0 Å². The predicted octanol–water partition coefficient (Wildman–Crippen LogP) is 6.76. The Hall–Kier alpha value is -3.36. The number of nitrogens with zero attached hydrogens (tertiary/aromatic N) is 3. The number of thiazole rings is 1. The van der Waals surface area contributed by atoms with Crippen LogP contribution in [0, 0.1) is 10.1 Å². The molecule has 30 heavy (non-hydrogen) atoms. The highest BCUT2D eigenvalue weighted by atomic mass is 79.9. The molecule has 0 fully saturated rings. The fraction of sp³-hybridized carbons (Fsp3) is 0. The molecule has 0 unspecified atom stereocenters. The summed E-state index contributed by atoms with van der Waals surface area (Å²) in [6.45, 7) is 0. The van der Waals surface area contributed by atoms with Crippen LogP contribution in [0.3, 0.4) is 0 Å². The molecule has 0 atom stereocenters. The standard InChI is InChI=1S/C22H14BrN3O3S/c23-17-9-7-14(12-19(17)26(28)29)4-3-11-24-15-8-10-20(27)16(13-15)22-25-18-5-1-2-6-21(18)30-22/h1-13,27H. The molecule has 6 nitrogen and oxygen atoms in total. The van der Waals surface area contributed by atoms with E-state index in [-0.39, 0.29) is 11.4 Å². The van der Waals surface area contributed by atoms with Gasteiger partial charge in [0.1, 0.15) is 10.8 Å². The lowest BCUT2D eigenvalue weighted by Crippen LogP contribution is -1.89. The normalized spacial score (nSPS) is 11.6. The SMILES string of the molecule is O=[N+]([O-])c1cc(C=CC=Nc2ccc(O)c(-c3nc4ccccc4s3)c2)ccc1Br. The van der Waals surface area contributed by atoms with Gasteiger partial charge < -0.3 is 5.11 Å². The molecule has 148 valence electrons. The first-order valence-electron chi connectivity index (χ1n) is 8.85. The molecule has 4 aromatic rings. The largest absolute Gasteiger partial charge is 0.507 e. The van der Waals surface area contributed by atoms with Crippen molar-refractivity contribution in [3.8, 4) is 16.3 Å². The average Bonchev–Trinajstić information content (AvgIpc) is 3.17. The van der Waals surface area contributed by atoms with E-state index in [2.05, 4.69) is 25.9 Å². The quantitative estimate of drug-likeness (QED) is 0.194. The molecule has 0 bridgehead atoms. The van der Waals surface area contributed by atoms with Crippen molar-refractivity contribution in [2.24, 2.45) is 4.99 Å². The second-order valence-electron chi connectivity index (χ2n) is 6.29. The molecule has 8 heteroatoms. The van der Waals surface area contributed by atoms with Crippen LogP contribution in [0.4, 0.5) is 11.4 Å². The van der Waals surface area contributed by atoms with Crippen LogP contribution < -0.4 is 0 Å². The van der Waals surface area contributed by atoms with E-state index in [0.717, 1.165) is 15.2 Å². The Bertz CT molecular complexity index is 1280. The summed E-state index contributed by atoms with van der Waals surface area (Å²) in [7, 11) is 0. The van der Waals surface area contributed by atoms with Gasteiger partial charge in [0.15, 0.2) is 0 Å². The lowest BCUT2D eigenvalue weighted by Gasteiger charge is -2.02. The molecular formula is C22H14BrN3O3S. The van der Waals surface area contributed by atoms with Gasteiger partial charge in [-0.1, -0.05) is 24.3 Å². The molecular weight excluding hydrogens is 466 g/mol. The van der Waals surface area contributed by atoms with Crippen LogP contribution in [-0.4, -0.2) is 21.2 Å². The van der Waals surface area contributed by atoms with Crippen molar-refractivity contribution in [2.75, 3.05) is 0 Å². The van der Waals surface area contributed by atoms with Gasteiger partial charge in [-0.25, -0.2) is 4.98 Å². The van der Waals surface area contributed by atoms with Gasteiger partial charge in [-0.05, 0) is 64.0 Å². The second kappa shape index (κ2) is 8.56. The zero-order chi connectivity index (χ0) is 21.1. The summed E-state index contributed by atoms with van der Waals surface area (Å²) in [5.41, 5.74) is 2.87. The maximum Gasteiger partial charge on any atom is 0.284 e. The molecule has 0 aliphatic heterocycles. The number of aromatic hydroxyl groups is 1. The van der Waals surface area contributed by atoms with E-state index in [1.807, 2.05) is 24.3 Å². The molecule has 0 aliphatic carbocycles. The minimum absolute atomic E-state index is 0.00750. The summed E-state index contributed by atoms with van der Waals surface area (Å²) in [5, 5.41) is 22.0. The van der Waals surface area contributed by atoms with Crippen LogP contribution in [0.1, 0.15) is 5.56 Å². The Morgan fingerprint density at radius 2 is 1.97 bits per heavy atom. The van der Waals surface area contributed by atoms with Gasteiger partial charge in [0, 0.05) is 12.3 Å². The first kappa shape index (κ1) is 19.9. The number of phenolic OH excluding ortho intramolecular Hbond substituents is 1. The number of hydrogen-bond donors (Lipinski definition) is 1. The third-order valence-electron chi connectivity index (χ3n) is 4.27. The number of phenols is 1. The van der Waals surface area contributed by atoms with Crippen LogP contribution in [0.2, 0.25) is 0 Å². The molecule has 1 N–H and O–H groups in total. The number of halogens is 1. The number of nitro groups is 1. The van der Waals surface area contributed by atoms with E-state index in [0.29, 0.717) is 21.3 Å². The fourth-order valence-corrected chi connectivity index (χ4v) is 4.20. The Morgan fingerprint density at radius 3 is 2.77 bits per heavy atom. The van der Waals surface area contributed by atoms with Gasteiger partial charge in [0.05, 0.1) is 30.9 Å². The number of benzene rings is 3. The van der Waals surface area contributed by atoms with E-state index in [4.69, 9.17) is 0 Å². The number of nitro benzene ring substituents is 1. The van der Waals surface area contributed by atoms with Crippen molar-refractivity contribution >= 4 is 61.1 Å². The summed E-state index contributed by atoms with van der Waals surface area (Å²) < 4.78 is 1.48. The number of rotatable bonds is 5. The maximum atomic E-state index is 11.0. The molecule has 0 radical (unpaired) electrons. The molecule has 0 spiro atoms. The van der Waals surface area contributed by atoms with Gasteiger partial charge in [-0.2, -0.15) is 0 Å². The lowest BCUT2D eigenvalue weighted by molar-refractivity contribution is -0.385. The van der Waals surface area contributed by atoms with Crippen molar-refractivity contribution in [3.05, 3.63) is 86.9 Å². The predicted molar refractivity (Wildman–Crippen MR) is 125 cm³/mol. The van der Waals surface area contributed by atoms with Gasteiger partial charge >= 0.3 is 0 Å². The van der Waals surface area contributed by atoms with Crippen LogP contribution >= 0.6 is 27.3 Å². The van der Waals surface area contributed by atoms with E-state index in [1.54, 1.807) is 48.7 Å². The van der Waals surface area contributed by atoms with Crippen molar-refractivity contribution in [3.63, 3.8) is 0 Å². The van der Waals surface area contributed by atoms with Crippen molar-refractivity contribution in [1.82, 2.24) is 4.98 Å². The first-order valence-corrected chi connectivity index (χ1v) is 10.5. The third kappa shape index (κ3) is 4.29. The van der Waals surface area contributed by atoms with E-state index < -0.39 is 4.92 Å². The Balaban J connectivity index is 1.56. The number of fused-ring (bicyclic) bond motifs is 1. The Morgan fingerprint density at radius 1 is 1.13 bits per heavy atom. The molecule has 0 saturated carbocycles. The van der Waals surface area contributed by atoms with Gasteiger partial charge in [0.2, 0.25) is 0 Å². The summed E-state index contributed by atoms with van der Waals surface area (Å²) in [5.74, 6) is 0.144. The van der Waals surface area contributed by atoms with Gasteiger partial charge in [-0.3, -0.25) is 15.1 Å². The van der Waals surface area contributed by atoms with Gasteiger partial charge in [-0.15, -0.1) is 11.3 Å². The highest BCUT2D eigenvalue weighted by molar-refractivity contribution is 9.10. The Kier molecular flexibility index (Phi) is 5.69. The highest BCUT2D eigenvalue weighted by Gasteiger charge is 2.12. The van der Waals surface area contributed by atoms with Crippen molar-refractivity contribution < 1.29 is 10.0 Å². The number of para-hydroxylation sites is 1. The van der Waals surface area contributed by atoms with Gasteiger partial charge in [0.25, 0.3) is 5.69 Å². The zero-order valence-corrected chi connectivity index (χ0v) is 17.8. The fourth-order valence-electron chi connectivity index (χ4n) is 2.82. The minimum atomic E-state index is -0.435. The van der Waals surface area contributed by atoms with Crippen LogP contribution in [0.15, 0.2) is 76.2 Å². The number of aliphatic imine (C=N–C) groups is 1. The molecule has 4 rings (SSSR count). The van der Waals surface area contributed by atoms with E-state index in [1.165, 1.54) is 17.4 Å². The zero-order valence-electron chi connectivity index (χ0n) is 15.4. The van der Waals surface area contributed by atoms with Crippen LogP contribution in [0.25, 0.3) is 26.9 Å². The summed E-state index contributed by atoms with van der Waals surface area (Å²) in [4.78, 5) is 19.6. The maximum absolute atomic E-state index is 11.0. The highest BCUT2D eigenvalue weighted by Crippen LogP contribution is 2.37. The molecule has 3 aromatic carbocycles. The second-order valence-corrected chi connectivity index (χ2v) is 8.18. The molecule has 0 amide bonds. The smallest absolute Gasteiger partial charge is 0.284 e. The summed E-state index contributed by atoms with van der Waals surface area (Å²) >= 11 is 4.68. The Labute approximate surface area is 184 Å². The van der Waals surface area contributed by atoms with Crippen LogP contribution in [-0.2, 0) is 0 Å². The van der Waals surface area contributed by atoms with E-state index in [9.17, 15) is 15.2 Å². The number of allylic oxidation sites excluding steroid dienone is 1. The molecule has 1 heterocycles. The van der Waals surface area contributed by atoms with Crippen LogP contribution in [0.5, 0.6) is 5.75 Å². The van der Waals surface area contributed by atoms with Crippen molar-refractivity contribution in [1.29, 1.82) is 0 Å². The van der Waals surface area contributed by atoms with Crippen molar-refractivity contribution in [2.45, 2.75) is 0 Å². The summed E-state index contributed by atoms with van der Waals surface area (Å²) in [6.07, 6.45) is 5.04. The summed E-state index contributed by atoms with van der Waals surface area (Å²) in [6, 6.07) is 17.8. The number of hydrogen-bond acceptors (Lipinski definition) is 6. The molecule has 0 saturated heterocycles. The first-order chi connectivity index (χ1) is 14.5. The number of aromatic nitrogens is 1. The monoisotopic (exact) mass is 479 g/mol.